The van der Waals surface area contributed by atoms with Gasteiger partial charge in [-0.15, -0.1) is 0 Å². The van der Waals surface area contributed by atoms with Crippen LogP contribution in [-0.4, -0.2) is 41.9 Å². The van der Waals surface area contributed by atoms with Gasteiger partial charge < -0.3 is 5.32 Å². The van der Waals surface area contributed by atoms with Gasteiger partial charge in [0.2, 0.25) is 0 Å². The number of piperidine rings is 2. The third-order valence-corrected chi connectivity index (χ3v) is 4.37. The molecule has 0 bridgehead atoms. The monoisotopic (exact) mass is 208 g/mol. The number of carbonyl (C=O) groups excluding carboxylic acids is 1. The van der Waals surface area contributed by atoms with E-state index in [1.807, 2.05) is 0 Å². The standard InChI is InChI=1S/C12H20N2O/c1-8-7-11(15)12-9(13-8)4-6-14-5-2-3-10(12)14/h8-10,12-13H,2-7H2,1H3/t8-,9+,10+,12-/m1/s1. The highest BCUT2D eigenvalue weighted by atomic mass is 16.1. The fourth-order valence-electron chi connectivity index (χ4n) is 3.78. The lowest BCUT2D eigenvalue weighted by molar-refractivity contribution is -0.130. The van der Waals surface area contributed by atoms with E-state index < -0.39 is 0 Å². The number of Topliss-reactive ketones (excluding diaryl/α,β-unsaturated/α-hetero) is 1. The maximum atomic E-state index is 12.1. The van der Waals surface area contributed by atoms with E-state index in [2.05, 4.69) is 17.1 Å². The van der Waals surface area contributed by atoms with E-state index in [-0.39, 0.29) is 0 Å². The molecule has 0 aromatic rings. The van der Waals surface area contributed by atoms with Gasteiger partial charge in [-0.25, -0.2) is 0 Å². The predicted octanol–water partition coefficient (Wildman–Crippen LogP) is 0.790. The van der Waals surface area contributed by atoms with Crippen LogP contribution in [0, 0.1) is 5.92 Å². The Hall–Kier alpha value is -0.410. The summed E-state index contributed by atoms with van der Waals surface area (Å²) in [4.78, 5) is 14.7. The fourth-order valence-corrected chi connectivity index (χ4v) is 3.78. The van der Waals surface area contributed by atoms with E-state index in [4.69, 9.17) is 0 Å². The van der Waals surface area contributed by atoms with E-state index in [1.165, 1.54) is 25.9 Å². The number of fused-ring (bicyclic) bond motifs is 3. The second-order valence-corrected chi connectivity index (χ2v) is 5.40. The van der Waals surface area contributed by atoms with Crippen molar-refractivity contribution in [2.75, 3.05) is 13.1 Å². The van der Waals surface area contributed by atoms with Gasteiger partial charge >= 0.3 is 0 Å². The van der Waals surface area contributed by atoms with Crippen molar-refractivity contribution in [1.29, 1.82) is 0 Å². The van der Waals surface area contributed by atoms with Gasteiger partial charge in [-0.1, -0.05) is 0 Å². The highest BCUT2D eigenvalue weighted by Gasteiger charge is 2.46. The van der Waals surface area contributed by atoms with E-state index in [1.54, 1.807) is 0 Å². The Morgan fingerprint density at radius 3 is 3.07 bits per heavy atom. The third kappa shape index (κ3) is 1.53. The molecule has 15 heavy (non-hydrogen) atoms. The number of hydrogen-bond donors (Lipinski definition) is 1. The van der Waals surface area contributed by atoms with Crippen molar-refractivity contribution in [2.24, 2.45) is 5.92 Å². The van der Waals surface area contributed by atoms with Crippen LogP contribution in [0.3, 0.4) is 0 Å². The summed E-state index contributed by atoms with van der Waals surface area (Å²) in [6.07, 6.45) is 4.43. The second kappa shape index (κ2) is 3.56. The van der Waals surface area contributed by atoms with Crippen LogP contribution >= 0.6 is 0 Å². The quantitative estimate of drug-likeness (QED) is 0.639. The first kappa shape index (κ1) is 9.79. The Balaban J connectivity index is 1.83. The van der Waals surface area contributed by atoms with E-state index in [0.29, 0.717) is 29.8 Å². The highest BCUT2D eigenvalue weighted by Crippen LogP contribution is 2.35. The molecule has 3 aliphatic heterocycles. The molecule has 4 atom stereocenters. The summed E-state index contributed by atoms with van der Waals surface area (Å²) in [7, 11) is 0. The van der Waals surface area contributed by atoms with Gasteiger partial charge in [-0.2, -0.15) is 0 Å². The van der Waals surface area contributed by atoms with E-state index in [0.717, 1.165) is 12.8 Å². The topological polar surface area (TPSA) is 32.3 Å². The van der Waals surface area contributed by atoms with Crippen LogP contribution in [0.15, 0.2) is 0 Å². The van der Waals surface area contributed by atoms with Gasteiger partial charge in [-0.3, -0.25) is 9.69 Å². The molecule has 3 aliphatic rings. The zero-order chi connectivity index (χ0) is 10.4. The first-order valence-corrected chi connectivity index (χ1v) is 6.28. The molecule has 0 amide bonds. The summed E-state index contributed by atoms with van der Waals surface area (Å²) < 4.78 is 0. The lowest BCUT2D eigenvalue weighted by Crippen LogP contribution is -2.61. The normalized spacial score (nSPS) is 46.3. The zero-order valence-corrected chi connectivity index (χ0v) is 9.41. The molecule has 3 rings (SSSR count). The Kier molecular flexibility index (Phi) is 2.33. The summed E-state index contributed by atoms with van der Waals surface area (Å²) >= 11 is 0. The van der Waals surface area contributed by atoms with Gasteiger partial charge in [-0.05, 0) is 39.3 Å². The Bertz CT molecular complexity index is 279. The van der Waals surface area contributed by atoms with Gasteiger partial charge in [0.05, 0.1) is 0 Å². The minimum absolute atomic E-state index is 0.303. The van der Waals surface area contributed by atoms with Crippen LogP contribution in [0.2, 0.25) is 0 Å². The number of hydrogen-bond acceptors (Lipinski definition) is 3. The van der Waals surface area contributed by atoms with Crippen LogP contribution < -0.4 is 5.32 Å². The van der Waals surface area contributed by atoms with Crippen LogP contribution in [0.4, 0.5) is 0 Å². The summed E-state index contributed by atoms with van der Waals surface area (Å²) in [6.45, 7) is 4.55. The molecule has 3 nitrogen and oxygen atoms in total. The van der Waals surface area contributed by atoms with Crippen molar-refractivity contribution in [3.8, 4) is 0 Å². The molecule has 3 heteroatoms. The lowest BCUT2D eigenvalue weighted by Gasteiger charge is -2.45. The summed E-state index contributed by atoms with van der Waals surface area (Å²) in [5, 5.41) is 3.61. The zero-order valence-electron chi connectivity index (χ0n) is 9.41. The minimum Gasteiger partial charge on any atom is -0.310 e. The number of rotatable bonds is 0. The first-order valence-electron chi connectivity index (χ1n) is 6.28. The first-order chi connectivity index (χ1) is 7.25. The Labute approximate surface area is 91.2 Å². The maximum absolute atomic E-state index is 12.1. The minimum atomic E-state index is 0.303. The average Bonchev–Trinajstić information content (AvgIpc) is 2.63. The predicted molar refractivity (Wildman–Crippen MR) is 58.7 cm³/mol. The maximum Gasteiger partial charge on any atom is 0.140 e. The SMILES string of the molecule is C[C@@H]1CC(=O)[C@@H]2[C@H](CCN3CCC[C@@H]23)N1. The molecule has 0 aromatic heterocycles. The molecule has 84 valence electrons. The van der Waals surface area contributed by atoms with Gasteiger partial charge in [0.15, 0.2) is 0 Å². The number of ketones is 1. The van der Waals surface area contributed by atoms with Crippen molar-refractivity contribution >= 4 is 5.78 Å². The molecule has 0 unspecified atom stereocenters. The largest absolute Gasteiger partial charge is 0.310 e. The molecule has 1 N–H and O–H groups in total. The Morgan fingerprint density at radius 2 is 2.20 bits per heavy atom. The molecular weight excluding hydrogens is 188 g/mol. The van der Waals surface area contributed by atoms with Crippen molar-refractivity contribution in [1.82, 2.24) is 10.2 Å². The van der Waals surface area contributed by atoms with E-state index >= 15 is 0 Å². The molecular formula is C12H20N2O. The van der Waals surface area contributed by atoms with Crippen molar-refractivity contribution in [3.63, 3.8) is 0 Å². The molecule has 0 saturated carbocycles. The van der Waals surface area contributed by atoms with Gasteiger partial charge in [0.25, 0.3) is 0 Å². The van der Waals surface area contributed by atoms with Crippen LogP contribution in [-0.2, 0) is 4.79 Å². The smallest absolute Gasteiger partial charge is 0.140 e. The molecule has 0 aromatic carbocycles. The third-order valence-electron chi connectivity index (χ3n) is 4.37. The molecule has 3 saturated heterocycles. The summed E-state index contributed by atoms with van der Waals surface area (Å²) in [5.74, 6) is 0.820. The molecule has 3 heterocycles. The fraction of sp³-hybridized carbons (Fsp3) is 0.917. The van der Waals surface area contributed by atoms with Gasteiger partial charge in [0.1, 0.15) is 5.78 Å². The van der Waals surface area contributed by atoms with Crippen molar-refractivity contribution in [2.45, 2.75) is 50.7 Å². The molecule has 0 aliphatic carbocycles. The Morgan fingerprint density at radius 1 is 1.33 bits per heavy atom. The molecule has 3 fully saturated rings. The summed E-state index contributed by atoms with van der Waals surface area (Å²) in [6, 6.07) is 1.43. The molecule has 0 spiro atoms. The lowest BCUT2D eigenvalue weighted by atomic mass is 9.77. The van der Waals surface area contributed by atoms with Gasteiger partial charge in [0, 0.05) is 30.5 Å². The van der Waals surface area contributed by atoms with Crippen molar-refractivity contribution < 1.29 is 4.79 Å². The highest BCUT2D eigenvalue weighted by molar-refractivity contribution is 5.84. The van der Waals surface area contributed by atoms with Crippen LogP contribution in [0.1, 0.15) is 32.6 Å². The average molecular weight is 208 g/mol. The van der Waals surface area contributed by atoms with E-state index in [9.17, 15) is 4.79 Å². The molecule has 0 radical (unpaired) electrons. The second-order valence-electron chi connectivity index (χ2n) is 5.40. The van der Waals surface area contributed by atoms with Crippen LogP contribution in [0.25, 0.3) is 0 Å². The number of carbonyl (C=O) groups is 1. The van der Waals surface area contributed by atoms with Crippen molar-refractivity contribution in [3.05, 3.63) is 0 Å². The number of nitrogens with zero attached hydrogens (tertiary/aromatic N) is 1. The van der Waals surface area contributed by atoms with Crippen LogP contribution in [0.5, 0.6) is 0 Å². The summed E-state index contributed by atoms with van der Waals surface area (Å²) in [5.41, 5.74) is 0. The number of nitrogens with one attached hydrogen (secondary N) is 1.